The molecule has 2 rings (SSSR count). The van der Waals surface area contributed by atoms with Crippen molar-refractivity contribution in [3.8, 4) is 5.75 Å². The molecule has 0 aliphatic rings. The Bertz CT molecular complexity index is 510. The molecule has 0 atom stereocenters. The zero-order chi connectivity index (χ0) is 12.3. The standard InChI is InChI=1S/C13H14BrNOS/c1-9-5-6-17-13(9)8-15-10-3-4-11(14)12(7-10)16-2/h3-7,15H,8H2,1-2H3. The largest absolute Gasteiger partial charge is 0.495 e. The van der Waals surface area contributed by atoms with Crippen LogP contribution in [0.4, 0.5) is 5.69 Å². The third-order valence-corrected chi connectivity index (χ3v) is 4.25. The Morgan fingerprint density at radius 3 is 2.82 bits per heavy atom. The van der Waals surface area contributed by atoms with Gasteiger partial charge in [-0.15, -0.1) is 11.3 Å². The summed E-state index contributed by atoms with van der Waals surface area (Å²) in [5.74, 6) is 0.845. The predicted octanol–water partition coefficient (Wildman–Crippen LogP) is 4.44. The van der Waals surface area contributed by atoms with Crippen LogP contribution in [0, 0.1) is 6.92 Å². The number of nitrogens with one attached hydrogen (secondary N) is 1. The molecular formula is C13H14BrNOS. The van der Waals surface area contributed by atoms with Gasteiger partial charge < -0.3 is 10.1 Å². The van der Waals surface area contributed by atoms with E-state index in [-0.39, 0.29) is 0 Å². The molecule has 90 valence electrons. The van der Waals surface area contributed by atoms with Gasteiger partial charge in [-0.05, 0) is 52.0 Å². The second-order valence-electron chi connectivity index (χ2n) is 3.73. The molecule has 0 amide bonds. The lowest BCUT2D eigenvalue weighted by molar-refractivity contribution is 0.412. The average Bonchev–Trinajstić information content (AvgIpc) is 2.74. The molecule has 0 radical (unpaired) electrons. The summed E-state index contributed by atoms with van der Waals surface area (Å²) in [5.41, 5.74) is 2.41. The summed E-state index contributed by atoms with van der Waals surface area (Å²) in [6, 6.07) is 8.16. The zero-order valence-electron chi connectivity index (χ0n) is 9.79. The van der Waals surface area contributed by atoms with Crippen LogP contribution in [0.1, 0.15) is 10.4 Å². The fourth-order valence-corrected chi connectivity index (χ4v) is 2.79. The van der Waals surface area contributed by atoms with Crippen LogP contribution < -0.4 is 10.1 Å². The normalized spacial score (nSPS) is 10.3. The number of rotatable bonds is 4. The number of hydrogen-bond donors (Lipinski definition) is 1. The summed E-state index contributed by atoms with van der Waals surface area (Å²) < 4.78 is 6.23. The van der Waals surface area contributed by atoms with Crippen molar-refractivity contribution < 1.29 is 4.74 Å². The van der Waals surface area contributed by atoms with Gasteiger partial charge in [0.1, 0.15) is 5.75 Å². The Morgan fingerprint density at radius 2 is 2.18 bits per heavy atom. The SMILES string of the molecule is COc1cc(NCc2sccc2C)ccc1Br. The number of aryl methyl sites for hydroxylation is 1. The number of benzene rings is 1. The molecule has 17 heavy (non-hydrogen) atoms. The minimum absolute atomic E-state index is 0.845. The number of anilines is 1. The van der Waals surface area contributed by atoms with Crippen molar-refractivity contribution in [2.45, 2.75) is 13.5 Å². The first kappa shape index (κ1) is 12.5. The van der Waals surface area contributed by atoms with E-state index in [1.807, 2.05) is 18.2 Å². The average molecular weight is 312 g/mol. The van der Waals surface area contributed by atoms with Gasteiger partial charge in [-0.25, -0.2) is 0 Å². The third kappa shape index (κ3) is 3.01. The van der Waals surface area contributed by atoms with Gasteiger partial charge in [0.15, 0.2) is 0 Å². The molecule has 0 aliphatic heterocycles. The zero-order valence-corrected chi connectivity index (χ0v) is 12.2. The van der Waals surface area contributed by atoms with E-state index in [1.54, 1.807) is 18.4 Å². The fraction of sp³-hybridized carbons (Fsp3) is 0.231. The van der Waals surface area contributed by atoms with Gasteiger partial charge >= 0.3 is 0 Å². The van der Waals surface area contributed by atoms with E-state index in [0.29, 0.717) is 0 Å². The third-order valence-electron chi connectivity index (χ3n) is 2.57. The van der Waals surface area contributed by atoms with Crippen molar-refractivity contribution in [2.24, 2.45) is 0 Å². The number of ether oxygens (including phenoxy) is 1. The Balaban J connectivity index is 2.07. The molecule has 0 unspecified atom stereocenters. The van der Waals surface area contributed by atoms with E-state index >= 15 is 0 Å². The van der Waals surface area contributed by atoms with Crippen molar-refractivity contribution in [3.63, 3.8) is 0 Å². The molecule has 0 spiro atoms. The second kappa shape index (κ2) is 5.56. The van der Waals surface area contributed by atoms with Crippen molar-refractivity contribution in [1.82, 2.24) is 0 Å². The Labute approximate surface area is 114 Å². The molecule has 1 N–H and O–H groups in total. The van der Waals surface area contributed by atoms with Gasteiger partial charge in [0.05, 0.1) is 11.6 Å². The summed E-state index contributed by atoms with van der Waals surface area (Å²) in [4.78, 5) is 1.37. The van der Waals surface area contributed by atoms with E-state index in [2.05, 4.69) is 39.6 Å². The predicted molar refractivity (Wildman–Crippen MR) is 77.1 cm³/mol. The first-order valence-corrected chi connectivity index (χ1v) is 6.98. The van der Waals surface area contributed by atoms with Crippen LogP contribution >= 0.6 is 27.3 Å². The number of halogens is 1. The van der Waals surface area contributed by atoms with Gasteiger partial charge in [0.2, 0.25) is 0 Å². The Morgan fingerprint density at radius 1 is 1.35 bits per heavy atom. The molecule has 0 bridgehead atoms. The lowest BCUT2D eigenvalue weighted by atomic mass is 10.2. The van der Waals surface area contributed by atoms with Gasteiger partial charge in [-0.2, -0.15) is 0 Å². The summed E-state index contributed by atoms with van der Waals surface area (Å²) in [6.45, 7) is 2.99. The molecule has 0 fully saturated rings. The molecule has 1 heterocycles. The second-order valence-corrected chi connectivity index (χ2v) is 5.58. The fourth-order valence-electron chi connectivity index (χ4n) is 1.54. The van der Waals surface area contributed by atoms with Crippen LogP contribution in [0.5, 0.6) is 5.75 Å². The van der Waals surface area contributed by atoms with Crippen molar-refractivity contribution in [3.05, 3.63) is 44.6 Å². The summed E-state index contributed by atoms with van der Waals surface area (Å²) >= 11 is 5.22. The smallest absolute Gasteiger partial charge is 0.135 e. The molecule has 4 heteroatoms. The molecule has 1 aromatic heterocycles. The van der Waals surface area contributed by atoms with Crippen LogP contribution in [0.2, 0.25) is 0 Å². The topological polar surface area (TPSA) is 21.3 Å². The van der Waals surface area contributed by atoms with Gasteiger partial charge in [-0.1, -0.05) is 0 Å². The molecule has 0 saturated heterocycles. The van der Waals surface area contributed by atoms with E-state index < -0.39 is 0 Å². The molecule has 0 saturated carbocycles. The maximum absolute atomic E-state index is 5.26. The van der Waals surface area contributed by atoms with E-state index in [4.69, 9.17) is 4.74 Å². The maximum Gasteiger partial charge on any atom is 0.135 e. The van der Waals surface area contributed by atoms with Crippen molar-refractivity contribution in [2.75, 3.05) is 12.4 Å². The number of hydrogen-bond acceptors (Lipinski definition) is 3. The molecule has 2 aromatic rings. The van der Waals surface area contributed by atoms with Crippen LogP contribution in [0.3, 0.4) is 0 Å². The minimum atomic E-state index is 0.845. The van der Waals surface area contributed by atoms with E-state index in [1.165, 1.54) is 10.4 Å². The van der Waals surface area contributed by atoms with Gasteiger partial charge in [-0.3, -0.25) is 0 Å². The first-order valence-electron chi connectivity index (χ1n) is 5.31. The molecule has 0 aliphatic carbocycles. The van der Waals surface area contributed by atoms with Crippen LogP contribution in [0.15, 0.2) is 34.1 Å². The summed E-state index contributed by atoms with van der Waals surface area (Å²) in [6.07, 6.45) is 0. The highest BCUT2D eigenvalue weighted by Crippen LogP contribution is 2.28. The van der Waals surface area contributed by atoms with Gasteiger partial charge in [0, 0.05) is 23.2 Å². The van der Waals surface area contributed by atoms with E-state index in [9.17, 15) is 0 Å². The quantitative estimate of drug-likeness (QED) is 0.901. The maximum atomic E-state index is 5.26. The van der Waals surface area contributed by atoms with Crippen molar-refractivity contribution >= 4 is 33.0 Å². The summed E-state index contributed by atoms with van der Waals surface area (Å²) in [5, 5.41) is 5.52. The van der Waals surface area contributed by atoms with E-state index in [0.717, 1.165) is 22.5 Å². The Kier molecular flexibility index (Phi) is 4.07. The highest BCUT2D eigenvalue weighted by Gasteiger charge is 2.03. The summed E-state index contributed by atoms with van der Waals surface area (Å²) in [7, 11) is 1.67. The molecule has 1 aromatic carbocycles. The lowest BCUT2D eigenvalue weighted by Gasteiger charge is -2.09. The molecule has 2 nitrogen and oxygen atoms in total. The number of thiophene rings is 1. The van der Waals surface area contributed by atoms with Crippen LogP contribution in [-0.2, 0) is 6.54 Å². The first-order chi connectivity index (χ1) is 8.20. The number of methoxy groups -OCH3 is 1. The van der Waals surface area contributed by atoms with Crippen molar-refractivity contribution in [1.29, 1.82) is 0 Å². The van der Waals surface area contributed by atoms with Crippen LogP contribution in [0.25, 0.3) is 0 Å². The van der Waals surface area contributed by atoms with Gasteiger partial charge in [0.25, 0.3) is 0 Å². The highest BCUT2D eigenvalue weighted by atomic mass is 79.9. The lowest BCUT2D eigenvalue weighted by Crippen LogP contribution is -1.99. The monoisotopic (exact) mass is 311 g/mol. The van der Waals surface area contributed by atoms with Crippen LogP contribution in [-0.4, -0.2) is 7.11 Å². The minimum Gasteiger partial charge on any atom is -0.495 e. The Hall–Kier alpha value is -1.00. The molecular weight excluding hydrogens is 298 g/mol. The highest BCUT2D eigenvalue weighted by molar-refractivity contribution is 9.10.